The van der Waals surface area contributed by atoms with Crippen LogP contribution >= 0.6 is 0 Å². The van der Waals surface area contributed by atoms with E-state index in [1.165, 1.54) is 42.1 Å². The average Bonchev–Trinajstić information content (AvgIpc) is 2.98. The van der Waals surface area contributed by atoms with Gasteiger partial charge in [-0.15, -0.1) is 0 Å². The molecule has 218 valence electrons. The maximum atomic E-state index is 13.9. The van der Waals surface area contributed by atoms with E-state index in [1.54, 1.807) is 23.9 Å². The standard InChI is InChI=1S/C32H46N4O4/c1-25(2)18-19-30(37)36(29(32(39)34-40)17-9-15-26-11-5-3-6-12-26)35(22-20-27-13-7-4-8-14-27)31(38)23-28-16-10-21-33-24-28/h4,7-8,10,13-14,16,21,24-26,29,40H,3,5-6,9,11-12,15,17-20,22-23H2,1-2H3,(H,34,39)/t29-/m0/s1. The number of amides is 3. The van der Waals surface area contributed by atoms with Crippen LogP contribution in [0.3, 0.4) is 0 Å². The number of pyridine rings is 1. The monoisotopic (exact) mass is 550 g/mol. The van der Waals surface area contributed by atoms with E-state index in [-0.39, 0.29) is 37.1 Å². The van der Waals surface area contributed by atoms with Crippen LogP contribution in [0.1, 0.15) is 89.2 Å². The van der Waals surface area contributed by atoms with Gasteiger partial charge in [-0.25, -0.2) is 10.5 Å². The molecule has 0 aliphatic heterocycles. The molecule has 2 aromatic rings. The smallest absolute Gasteiger partial charge is 0.268 e. The molecule has 40 heavy (non-hydrogen) atoms. The quantitative estimate of drug-likeness (QED) is 0.239. The Morgan fingerprint density at radius 1 is 0.975 bits per heavy atom. The van der Waals surface area contributed by atoms with Crippen LogP contribution in [0.5, 0.6) is 0 Å². The molecule has 2 N–H and O–H groups in total. The van der Waals surface area contributed by atoms with Crippen LogP contribution in [0.15, 0.2) is 54.9 Å². The summed E-state index contributed by atoms with van der Waals surface area (Å²) < 4.78 is 0. The van der Waals surface area contributed by atoms with Crippen molar-refractivity contribution in [1.82, 2.24) is 20.5 Å². The summed E-state index contributed by atoms with van der Waals surface area (Å²) in [6.07, 6.45) is 12.9. The first-order valence-electron chi connectivity index (χ1n) is 14.9. The van der Waals surface area contributed by atoms with E-state index in [0.717, 1.165) is 24.0 Å². The van der Waals surface area contributed by atoms with Gasteiger partial charge in [-0.3, -0.25) is 29.6 Å². The van der Waals surface area contributed by atoms with Crippen molar-refractivity contribution in [2.75, 3.05) is 6.54 Å². The summed E-state index contributed by atoms with van der Waals surface area (Å²) in [4.78, 5) is 45.0. The summed E-state index contributed by atoms with van der Waals surface area (Å²) in [5.41, 5.74) is 3.54. The van der Waals surface area contributed by atoms with Crippen molar-refractivity contribution >= 4 is 17.7 Å². The maximum Gasteiger partial charge on any atom is 0.268 e. The normalized spacial score (nSPS) is 14.5. The second-order valence-corrected chi connectivity index (χ2v) is 11.4. The van der Waals surface area contributed by atoms with E-state index in [9.17, 15) is 19.6 Å². The number of carbonyl (C=O) groups is 3. The molecule has 1 fully saturated rings. The SMILES string of the molecule is CC(C)CCC(=O)N([C@@H](CCCC1CCCCC1)C(=O)NO)N(CCc1ccccc1)C(=O)Cc1cccnc1. The van der Waals surface area contributed by atoms with Crippen LogP contribution in [-0.4, -0.2) is 50.5 Å². The first-order valence-corrected chi connectivity index (χ1v) is 14.9. The summed E-state index contributed by atoms with van der Waals surface area (Å²) in [6, 6.07) is 12.4. The van der Waals surface area contributed by atoms with Crippen molar-refractivity contribution < 1.29 is 19.6 Å². The third-order valence-corrected chi connectivity index (χ3v) is 7.80. The maximum absolute atomic E-state index is 13.9. The van der Waals surface area contributed by atoms with Gasteiger partial charge in [0.2, 0.25) is 11.8 Å². The molecule has 1 aliphatic carbocycles. The zero-order chi connectivity index (χ0) is 28.7. The van der Waals surface area contributed by atoms with Gasteiger partial charge in [0.25, 0.3) is 5.91 Å². The van der Waals surface area contributed by atoms with Gasteiger partial charge in [-0.2, -0.15) is 0 Å². The van der Waals surface area contributed by atoms with Crippen LogP contribution in [0.4, 0.5) is 0 Å². The summed E-state index contributed by atoms with van der Waals surface area (Å²) in [5, 5.41) is 12.5. The molecular formula is C32H46N4O4. The zero-order valence-electron chi connectivity index (χ0n) is 24.1. The minimum atomic E-state index is -0.984. The number of hydrogen-bond donors (Lipinski definition) is 2. The molecule has 0 saturated heterocycles. The van der Waals surface area contributed by atoms with Gasteiger partial charge in [0.15, 0.2) is 0 Å². The second kappa shape index (κ2) is 16.8. The Bertz CT molecular complexity index is 1040. The predicted molar refractivity (Wildman–Crippen MR) is 155 cm³/mol. The molecule has 1 heterocycles. The highest BCUT2D eigenvalue weighted by Gasteiger charge is 2.36. The fraction of sp³-hybridized carbons (Fsp3) is 0.562. The summed E-state index contributed by atoms with van der Waals surface area (Å²) in [6.45, 7) is 4.31. The molecule has 3 rings (SSSR count). The van der Waals surface area contributed by atoms with E-state index in [2.05, 4.69) is 4.98 Å². The van der Waals surface area contributed by atoms with Gasteiger partial charge >= 0.3 is 0 Å². The Morgan fingerprint density at radius 2 is 1.70 bits per heavy atom. The number of hydroxylamine groups is 1. The number of benzene rings is 1. The third-order valence-electron chi connectivity index (χ3n) is 7.80. The van der Waals surface area contributed by atoms with Crippen LogP contribution < -0.4 is 5.48 Å². The number of rotatable bonds is 14. The average molecular weight is 551 g/mol. The molecule has 1 aromatic heterocycles. The molecule has 0 bridgehead atoms. The first kappa shape index (κ1) is 31.3. The summed E-state index contributed by atoms with van der Waals surface area (Å²) in [7, 11) is 0. The lowest BCUT2D eigenvalue weighted by Gasteiger charge is -2.40. The molecule has 0 radical (unpaired) electrons. The number of nitrogens with one attached hydrogen (secondary N) is 1. The van der Waals surface area contributed by atoms with Gasteiger partial charge < -0.3 is 0 Å². The van der Waals surface area contributed by atoms with Crippen LogP contribution in [-0.2, 0) is 27.2 Å². The Labute approximate surface area is 239 Å². The summed E-state index contributed by atoms with van der Waals surface area (Å²) in [5.74, 6) is -0.331. The Hall–Kier alpha value is -3.26. The Balaban J connectivity index is 1.91. The van der Waals surface area contributed by atoms with E-state index < -0.39 is 11.9 Å². The lowest BCUT2D eigenvalue weighted by atomic mass is 9.85. The third kappa shape index (κ3) is 10.0. The van der Waals surface area contributed by atoms with E-state index >= 15 is 0 Å². The number of hydrazine groups is 1. The van der Waals surface area contributed by atoms with Gasteiger partial charge in [0.05, 0.1) is 6.42 Å². The van der Waals surface area contributed by atoms with Crippen molar-refractivity contribution in [3.05, 3.63) is 66.0 Å². The summed E-state index contributed by atoms with van der Waals surface area (Å²) >= 11 is 0. The molecule has 1 saturated carbocycles. The largest absolute Gasteiger partial charge is 0.289 e. The van der Waals surface area contributed by atoms with Crippen LogP contribution in [0.2, 0.25) is 0 Å². The number of hydrogen-bond acceptors (Lipinski definition) is 5. The molecular weight excluding hydrogens is 504 g/mol. The van der Waals surface area contributed by atoms with E-state index in [0.29, 0.717) is 25.2 Å². The first-order chi connectivity index (χ1) is 19.4. The van der Waals surface area contributed by atoms with E-state index in [1.807, 2.05) is 50.2 Å². The second-order valence-electron chi connectivity index (χ2n) is 11.4. The molecule has 8 nitrogen and oxygen atoms in total. The molecule has 1 aliphatic rings. The highest BCUT2D eigenvalue weighted by Crippen LogP contribution is 2.29. The molecule has 1 aromatic carbocycles. The van der Waals surface area contributed by atoms with Crippen LogP contribution in [0.25, 0.3) is 0 Å². The highest BCUT2D eigenvalue weighted by molar-refractivity contribution is 5.89. The molecule has 8 heteroatoms. The van der Waals surface area contributed by atoms with Crippen molar-refractivity contribution in [2.24, 2.45) is 11.8 Å². The topological polar surface area (TPSA) is 103 Å². The molecule has 0 spiro atoms. The van der Waals surface area contributed by atoms with E-state index in [4.69, 9.17) is 0 Å². The van der Waals surface area contributed by atoms with Crippen LogP contribution in [0, 0.1) is 11.8 Å². The van der Waals surface area contributed by atoms with Crippen molar-refractivity contribution in [3.63, 3.8) is 0 Å². The fourth-order valence-corrected chi connectivity index (χ4v) is 5.52. The molecule has 1 atom stereocenters. The van der Waals surface area contributed by atoms with Gasteiger partial charge in [-0.1, -0.05) is 95.2 Å². The number of aromatic nitrogens is 1. The molecule has 0 unspecified atom stereocenters. The Kier molecular flexibility index (Phi) is 13.1. The van der Waals surface area contributed by atoms with Gasteiger partial charge in [0, 0.05) is 25.4 Å². The molecule has 3 amide bonds. The lowest BCUT2D eigenvalue weighted by Crippen LogP contribution is -2.59. The minimum Gasteiger partial charge on any atom is -0.289 e. The minimum absolute atomic E-state index is 0.0477. The van der Waals surface area contributed by atoms with Gasteiger partial charge in [-0.05, 0) is 48.3 Å². The number of nitrogens with zero attached hydrogens (tertiary/aromatic N) is 3. The van der Waals surface area contributed by atoms with Crippen molar-refractivity contribution in [3.8, 4) is 0 Å². The lowest BCUT2D eigenvalue weighted by molar-refractivity contribution is -0.174. The number of carbonyl (C=O) groups excluding carboxylic acids is 3. The van der Waals surface area contributed by atoms with Gasteiger partial charge in [0.1, 0.15) is 6.04 Å². The van der Waals surface area contributed by atoms with Crippen molar-refractivity contribution in [1.29, 1.82) is 0 Å². The predicted octanol–water partition coefficient (Wildman–Crippen LogP) is 5.50. The highest BCUT2D eigenvalue weighted by atomic mass is 16.5. The van der Waals surface area contributed by atoms with Crippen molar-refractivity contribution in [2.45, 2.75) is 96.9 Å². The fourth-order valence-electron chi connectivity index (χ4n) is 5.52. The zero-order valence-corrected chi connectivity index (χ0v) is 24.1. The Morgan fingerprint density at radius 3 is 2.35 bits per heavy atom.